The monoisotopic (exact) mass is 287 g/mol. The van der Waals surface area contributed by atoms with E-state index in [0.717, 1.165) is 19.5 Å². The van der Waals surface area contributed by atoms with Crippen molar-refractivity contribution >= 4 is 11.9 Å². The van der Waals surface area contributed by atoms with Crippen LogP contribution in [0.3, 0.4) is 0 Å². The fourth-order valence-corrected chi connectivity index (χ4v) is 2.41. The Kier molecular flexibility index (Phi) is 6.95. The second-order valence-corrected chi connectivity index (χ2v) is 4.94. The molecule has 1 aliphatic heterocycles. The predicted molar refractivity (Wildman–Crippen MR) is 73.0 cm³/mol. The normalized spacial score (nSPS) is 25.8. The molecule has 0 saturated carbocycles. The van der Waals surface area contributed by atoms with Crippen LogP contribution < -0.4 is 0 Å². The maximum atomic E-state index is 11.2. The quantitative estimate of drug-likeness (QED) is 0.658. The van der Waals surface area contributed by atoms with Crippen molar-refractivity contribution in [1.29, 1.82) is 0 Å². The molecule has 0 N–H and O–H groups in total. The van der Waals surface area contributed by atoms with Crippen LogP contribution in [-0.4, -0.2) is 55.0 Å². The van der Waals surface area contributed by atoms with Crippen molar-refractivity contribution < 1.29 is 23.8 Å². The summed E-state index contributed by atoms with van der Waals surface area (Å²) in [5, 5.41) is 0. The van der Waals surface area contributed by atoms with Gasteiger partial charge in [0.05, 0.1) is 0 Å². The van der Waals surface area contributed by atoms with Crippen molar-refractivity contribution in [2.24, 2.45) is 0 Å². The summed E-state index contributed by atoms with van der Waals surface area (Å²) >= 11 is 0. The molecule has 1 heterocycles. The van der Waals surface area contributed by atoms with E-state index >= 15 is 0 Å². The van der Waals surface area contributed by atoms with Gasteiger partial charge in [-0.3, -0.25) is 14.5 Å². The summed E-state index contributed by atoms with van der Waals surface area (Å²) in [5.74, 6) is -0.704. The lowest BCUT2D eigenvalue weighted by Gasteiger charge is -2.26. The van der Waals surface area contributed by atoms with E-state index in [1.165, 1.54) is 13.8 Å². The number of nitrogens with zero attached hydrogens (tertiary/aromatic N) is 1. The molecule has 20 heavy (non-hydrogen) atoms. The molecule has 0 radical (unpaired) electrons. The lowest BCUT2D eigenvalue weighted by molar-refractivity contribution is -0.156. The second-order valence-electron chi connectivity index (χ2n) is 4.94. The molecule has 1 aliphatic rings. The Hall–Kier alpha value is -1.14. The standard InChI is InChI=1S/C14H25NO5/c1-5-7-15(6-2)14-8-12(19-11(4)17)13(20-14)9-18-10(3)16/h12-14H,5-9H2,1-4H3. The largest absolute Gasteiger partial charge is 0.463 e. The van der Waals surface area contributed by atoms with E-state index in [4.69, 9.17) is 14.2 Å². The van der Waals surface area contributed by atoms with Crippen LogP contribution in [-0.2, 0) is 23.8 Å². The highest BCUT2D eigenvalue weighted by molar-refractivity contribution is 5.66. The summed E-state index contributed by atoms with van der Waals surface area (Å²) in [6.07, 6.45) is 0.797. The van der Waals surface area contributed by atoms with Crippen molar-refractivity contribution in [3.05, 3.63) is 0 Å². The molecule has 0 spiro atoms. The number of ether oxygens (including phenoxy) is 3. The topological polar surface area (TPSA) is 65.1 Å². The highest BCUT2D eigenvalue weighted by Crippen LogP contribution is 2.26. The summed E-state index contributed by atoms with van der Waals surface area (Å²) in [7, 11) is 0. The van der Waals surface area contributed by atoms with E-state index in [1.54, 1.807) is 0 Å². The number of esters is 2. The highest BCUT2D eigenvalue weighted by atomic mass is 16.6. The van der Waals surface area contributed by atoms with Gasteiger partial charge in [0.25, 0.3) is 0 Å². The van der Waals surface area contributed by atoms with Gasteiger partial charge in [0.2, 0.25) is 0 Å². The minimum absolute atomic E-state index is 0.0927. The molecule has 1 rings (SSSR count). The minimum Gasteiger partial charge on any atom is -0.463 e. The lowest BCUT2D eigenvalue weighted by atomic mass is 10.1. The van der Waals surface area contributed by atoms with Crippen molar-refractivity contribution in [2.45, 2.75) is 59.0 Å². The fraction of sp³-hybridized carbons (Fsp3) is 0.857. The number of hydrogen-bond acceptors (Lipinski definition) is 6. The molecule has 0 aromatic carbocycles. The summed E-state index contributed by atoms with van der Waals surface area (Å²) in [5.41, 5.74) is 0. The first-order chi connectivity index (χ1) is 9.47. The first kappa shape index (κ1) is 16.9. The number of rotatable bonds is 7. The average Bonchev–Trinajstić information content (AvgIpc) is 2.75. The van der Waals surface area contributed by atoms with E-state index in [-0.39, 0.29) is 30.9 Å². The molecular weight excluding hydrogens is 262 g/mol. The van der Waals surface area contributed by atoms with E-state index in [9.17, 15) is 9.59 Å². The molecule has 1 fully saturated rings. The molecule has 6 nitrogen and oxygen atoms in total. The number of carbonyl (C=O) groups excluding carboxylic acids is 2. The number of hydrogen-bond donors (Lipinski definition) is 0. The zero-order valence-corrected chi connectivity index (χ0v) is 12.8. The third kappa shape index (κ3) is 5.09. The van der Waals surface area contributed by atoms with Crippen LogP contribution in [0.1, 0.15) is 40.5 Å². The molecule has 0 aliphatic carbocycles. The van der Waals surface area contributed by atoms with Gasteiger partial charge in [0, 0.05) is 26.8 Å². The van der Waals surface area contributed by atoms with Crippen LogP contribution >= 0.6 is 0 Å². The van der Waals surface area contributed by atoms with Crippen LogP contribution in [0.2, 0.25) is 0 Å². The van der Waals surface area contributed by atoms with Crippen LogP contribution in [0.25, 0.3) is 0 Å². The molecule has 1 saturated heterocycles. The molecule has 0 amide bonds. The molecule has 3 unspecified atom stereocenters. The minimum atomic E-state index is -0.390. The van der Waals surface area contributed by atoms with Crippen LogP contribution in [0.4, 0.5) is 0 Å². The molecule has 3 atom stereocenters. The van der Waals surface area contributed by atoms with Gasteiger partial charge >= 0.3 is 11.9 Å². The Morgan fingerprint density at radius 1 is 1.25 bits per heavy atom. The molecular formula is C14H25NO5. The van der Waals surface area contributed by atoms with Gasteiger partial charge < -0.3 is 14.2 Å². The Morgan fingerprint density at radius 2 is 1.95 bits per heavy atom. The Balaban J connectivity index is 2.64. The number of carbonyl (C=O) groups is 2. The molecule has 116 valence electrons. The van der Waals surface area contributed by atoms with Crippen LogP contribution in [0.15, 0.2) is 0 Å². The average molecular weight is 287 g/mol. The summed E-state index contributed by atoms with van der Waals surface area (Å²) in [6, 6.07) is 0. The van der Waals surface area contributed by atoms with Gasteiger partial charge in [0.15, 0.2) is 0 Å². The third-order valence-electron chi connectivity index (χ3n) is 3.27. The Labute approximate surface area is 120 Å². The second kappa shape index (κ2) is 8.21. The molecule has 0 aromatic rings. The van der Waals surface area contributed by atoms with Gasteiger partial charge in [-0.2, -0.15) is 0 Å². The van der Waals surface area contributed by atoms with Crippen LogP contribution in [0, 0.1) is 0 Å². The molecule has 6 heteroatoms. The summed E-state index contributed by atoms with van der Waals surface area (Å²) in [6.45, 7) is 8.81. The smallest absolute Gasteiger partial charge is 0.302 e. The van der Waals surface area contributed by atoms with Crippen molar-refractivity contribution in [1.82, 2.24) is 4.90 Å². The zero-order chi connectivity index (χ0) is 15.1. The zero-order valence-electron chi connectivity index (χ0n) is 12.8. The fourth-order valence-electron chi connectivity index (χ4n) is 2.41. The Morgan fingerprint density at radius 3 is 2.45 bits per heavy atom. The maximum Gasteiger partial charge on any atom is 0.302 e. The third-order valence-corrected chi connectivity index (χ3v) is 3.27. The lowest BCUT2D eigenvalue weighted by Crippen LogP contribution is -2.36. The van der Waals surface area contributed by atoms with Gasteiger partial charge in [-0.15, -0.1) is 0 Å². The van der Waals surface area contributed by atoms with Gasteiger partial charge in [0.1, 0.15) is 25.0 Å². The first-order valence-electron chi connectivity index (χ1n) is 7.18. The van der Waals surface area contributed by atoms with E-state index in [2.05, 4.69) is 18.7 Å². The molecule has 0 bridgehead atoms. The SMILES string of the molecule is CCCN(CC)C1CC(OC(C)=O)C(COC(C)=O)O1. The van der Waals surface area contributed by atoms with Gasteiger partial charge in [-0.05, 0) is 13.0 Å². The van der Waals surface area contributed by atoms with Crippen molar-refractivity contribution in [2.75, 3.05) is 19.7 Å². The van der Waals surface area contributed by atoms with E-state index < -0.39 is 6.10 Å². The van der Waals surface area contributed by atoms with E-state index in [1.807, 2.05) is 0 Å². The Bertz CT molecular complexity index is 334. The van der Waals surface area contributed by atoms with Gasteiger partial charge in [-0.25, -0.2) is 0 Å². The van der Waals surface area contributed by atoms with E-state index in [0.29, 0.717) is 6.42 Å². The summed E-state index contributed by atoms with van der Waals surface area (Å²) < 4.78 is 16.2. The van der Waals surface area contributed by atoms with Crippen LogP contribution in [0.5, 0.6) is 0 Å². The predicted octanol–water partition coefficient (Wildman–Crippen LogP) is 1.33. The van der Waals surface area contributed by atoms with Crippen molar-refractivity contribution in [3.8, 4) is 0 Å². The first-order valence-corrected chi connectivity index (χ1v) is 7.18. The van der Waals surface area contributed by atoms with Crippen molar-refractivity contribution in [3.63, 3.8) is 0 Å². The highest BCUT2D eigenvalue weighted by Gasteiger charge is 2.40. The maximum absolute atomic E-state index is 11.2. The molecule has 0 aromatic heterocycles. The summed E-state index contributed by atoms with van der Waals surface area (Å²) in [4.78, 5) is 24.3. The van der Waals surface area contributed by atoms with Gasteiger partial charge in [-0.1, -0.05) is 13.8 Å².